The predicted octanol–water partition coefficient (Wildman–Crippen LogP) is 3.10. The van der Waals surface area contributed by atoms with Crippen LogP contribution in [-0.4, -0.2) is 31.5 Å². The highest BCUT2D eigenvalue weighted by Gasteiger charge is 2.39. The summed E-state index contributed by atoms with van der Waals surface area (Å²) in [6, 6.07) is 3.60. The van der Waals surface area contributed by atoms with E-state index >= 15 is 0 Å². The molecule has 0 bridgehead atoms. The number of hydrogen-bond acceptors (Lipinski definition) is 3. The van der Waals surface area contributed by atoms with Gasteiger partial charge in [0.1, 0.15) is 11.6 Å². The lowest BCUT2D eigenvalue weighted by molar-refractivity contribution is -0.135. The van der Waals surface area contributed by atoms with Crippen molar-refractivity contribution in [2.24, 2.45) is 0 Å². The normalized spacial score (nSPS) is 25.6. The molecule has 2 saturated heterocycles. The number of benzene rings is 1. The fourth-order valence-corrected chi connectivity index (χ4v) is 3.07. The van der Waals surface area contributed by atoms with E-state index in [4.69, 9.17) is 9.47 Å². The van der Waals surface area contributed by atoms with E-state index in [9.17, 15) is 8.78 Å². The summed E-state index contributed by atoms with van der Waals surface area (Å²) < 4.78 is 38.2. The molecule has 1 aromatic carbocycles. The van der Waals surface area contributed by atoms with Gasteiger partial charge in [-0.15, -0.1) is 0 Å². The highest BCUT2D eigenvalue weighted by Crippen LogP contribution is 2.35. The molecule has 0 radical (unpaired) electrons. The van der Waals surface area contributed by atoms with Gasteiger partial charge in [-0.05, 0) is 43.9 Å². The summed E-state index contributed by atoms with van der Waals surface area (Å²) in [4.78, 5) is 0. The maximum Gasteiger partial charge on any atom is 0.146 e. The van der Waals surface area contributed by atoms with Gasteiger partial charge in [0.25, 0.3) is 0 Å². The highest BCUT2D eigenvalue weighted by molar-refractivity contribution is 5.45. The summed E-state index contributed by atoms with van der Waals surface area (Å²) in [5.41, 5.74) is 0.0805. The summed E-state index contributed by atoms with van der Waals surface area (Å²) in [5.74, 6) is -0.847. The third kappa shape index (κ3) is 2.94. The topological polar surface area (TPSA) is 30.5 Å². The molecule has 0 amide bonds. The summed E-state index contributed by atoms with van der Waals surface area (Å²) in [6.45, 7) is 2.07. The molecule has 1 atom stereocenters. The van der Waals surface area contributed by atoms with Crippen LogP contribution in [0, 0.1) is 11.6 Å². The molecule has 0 saturated carbocycles. The number of ether oxygens (including phenoxy) is 2. The van der Waals surface area contributed by atoms with Crippen molar-refractivity contribution in [1.82, 2.24) is 0 Å². The van der Waals surface area contributed by atoms with Crippen molar-refractivity contribution >= 4 is 5.69 Å². The molecule has 5 heteroatoms. The van der Waals surface area contributed by atoms with Crippen molar-refractivity contribution in [3.8, 4) is 0 Å². The monoisotopic (exact) mass is 283 g/mol. The van der Waals surface area contributed by atoms with Crippen LogP contribution in [-0.2, 0) is 9.47 Å². The Hall–Kier alpha value is -1.20. The van der Waals surface area contributed by atoms with Gasteiger partial charge >= 0.3 is 0 Å². The molecule has 3 nitrogen and oxygen atoms in total. The number of halogens is 2. The second kappa shape index (κ2) is 5.66. The van der Waals surface area contributed by atoms with Gasteiger partial charge < -0.3 is 14.8 Å². The zero-order chi connectivity index (χ0) is 14.0. The molecule has 1 N–H and O–H groups in total. The van der Waals surface area contributed by atoms with E-state index in [1.165, 1.54) is 6.07 Å². The first-order valence-electron chi connectivity index (χ1n) is 7.10. The van der Waals surface area contributed by atoms with Gasteiger partial charge in [0.2, 0.25) is 0 Å². The SMILES string of the molecule is Fc1ccc(F)c(NC2CCOC3(CCOCC3)C2)c1. The van der Waals surface area contributed by atoms with Gasteiger partial charge in [-0.3, -0.25) is 0 Å². The Bertz CT molecular complexity index is 469. The Morgan fingerprint density at radius 1 is 1.15 bits per heavy atom. The second-order valence-corrected chi connectivity index (χ2v) is 5.60. The van der Waals surface area contributed by atoms with Crippen molar-refractivity contribution in [3.63, 3.8) is 0 Å². The standard InChI is InChI=1S/C15H19F2NO2/c16-11-1-2-13(17)14(9-11)18-12-3-6-20-15(10-12)4-7-19-8-5-15/h1-2,9,12,18H,3-8,10H2. The fraction of sp³-hybridized carbons (Fsp3) is 0.600. The van der Waals surface area contributed by atoms with Gasteiger partial charge in [0.15, 0.2) is 0 Å². The quantitative estimate of drug-likeness (QED) is 0.904. The van der Waals surface area contributed by atoms with E-state index in [1.807, 2.05) is 0 Å². The maximum atomic E-state index is 13.7. The van der Waals surface area contributed by atoms with Gasteiger partial charge in [-0.25, -0.2) is 8.78 Å². The Morgan fingerprint density at radius 3 is 2.75 bits per heavy atom. The summed E-state index contributed by atoms with van der Waals surface area (Å²) in [6.07, 6.45) is 3.36. The van der Waals surface area contributed by atoms with E-state index in [0.717, 1.165) is 37.8 Å². The van der Waals surface area contributed by atoms with Crippen LogP contribution in [0.1, 0.15) is 25.7 Å². The molecule has 2 heterocycles. The van der Waals surface area contributed by atoms with Crippen LogP contribution in [0.15, 0.2) is 18.2 Å². The Kier molecular flexibility index (Phi) is 3.89. The first-order valence-corrected chi connectivity index (χ1v) is 7.10. The lowest BCUT2D eigenvalue weighted by Gasteiger charge is -2.43. The first kappa shape index (κ1) is 13.8. The van der Waals surface area contributed by atoms with E-state index in [-0.39, 0.29) is 17.3 Å². The molecular formula is C15H19F2NO2. The lowest BCUT2D eigenvalue weighted by atomic mass is 9.84. The third-order valence-corrected chi connectivity index (χ3v) is 4.19. The van der Waals surface area contributed by atoms with Crippen molar-refractivity contribution in [3.05, 3.63) is 29.8 Å². The Morgan fingerprint density at radius 2 is 1.95 bits per heavy atom. The molecule has 20 heavy (non-hydrogen) atoms. The molecular weight excluding hydrogens is 264 g/mol. The molecule has 0 aromatic heterocycles. The molecule has 2 fully saturated rings. The number of anilines is 1. The minimum absolute atomic E-state index is 0.109. The van der Waals surface area contributed by atoms with Crippen molar-refractivity contribution < 1.29 is 18.3 Å². The average molecular weight is 283 g/mol. The first-order chi connectivity index (χ1) is 9.67. The third-order valence-electron chi connectivity index (χ3n) is 4.19. The van der Waals surface area contributed by atoms with E-state index in [0.29, 0.717) is 19.8 Å². The van der Waals surface area contributed by atoms with Crippen LogP contribution in [0.3, 0.4) is 0 Å². The van der Waals surface area contributed by atoms with Crippen LogP contribution in [0.5, 0.6) is 0 Å². The van der Waals surface area contributed by atoms with Crippen LogP contribution in [0.4, 0.5) is 14.5 Å². The van der Waals surface area contributed by atoms with Crippen LogP contribution >= 0.6 is 0 Å². The van der Waals surface area contributed by atoms with Crippen molar-refractivity contribution in [1.29, 1.82) is 0 Å². The Labute approximate surface area is 117 Å². The molecule has 1 spiro atoms. The van der Waals surface area contributed by atoms with Gasteiger partial charge in [-0.2, -0.15) is 0 Å². The molecule has 2 aliphatic heterocycles. The predicted molar refractivity (Wildman–Crippen MR) is 71.7 cm³/mol. The van der Waals surface area contributed by atoms with E-state index in [2.05, 4.69) is 5.32 Å². The number of rotatable bonds is 2. The largest absolute Gasteiger partial charge is 0.381 e. The fourth-order valence-electron chi connectivity index (χ4n) is 3.07. The lowest BCUT2D eigenvalue weighted by Crippen LogP contribution is -2.47. The van der Waals surface area contributed by atoms with Crippen molar-refractivity contribution in [2.45, 2.75) is 37.3 Å². The van der Waals surface area contributed by atoms with Gasteiger partial charge in [0.05, 0.1) is 11.3 Å². The molecule has 1 unspecified atom stereocenters. The summed E-state index contributed by atoms with van der Waals surface area (Å²) >= 11 is 0. The molecule has 0 aliphatic carbocycles. The zero-order valence-electron chi connectivity index (χ0n) is 11.3. The van der Waals surface area contributed by atoms with Gasteiger partial charge in [0, 0.05) is 25.9 Å². The van der Waals surface area contributed by atoms with Crippen LogP contribution in [0.25, 0.3) is 0 Å². The van der Waals surface area contributed by atoms with Crippen LogP contribution < -0.4 is 5.32 Å². The molecule has 2 aliphatic rings. The Balaban J connectivity index is 1.69. The minimum atomic E-state index is -0.429. The smallest absolute Gasteiger partial charge is 0.146 e. The van der Waals surface area contributed by atoms with Crippen LogP contribution in [0.2, 0.25) is 0 Å². The summed E-state index contributed by atoms with van der Waals surface area (Å²) in [5, 5.41) is 3.13. The maximum absolute atomic E-state index is 13.7. The highest BCUT2D eigenvalue weighted by atomic mass is 19.1. The number of hydrogen-bond donors (Lipinski definition) is 1. The van der Waals surface area contributed by atoms with E-state index < -0.39 is 11.6 Å². The zero-order valence-corrected chi connectivity index (χ0v) is 11.3. The van der Waals surface area contributed by atoms with Gasteiger partial charge in [-0.1, -0.05) is 0 Å². The molecule has 110 valence electrons. The summed E-state index contributed by atoms with van der Waals surface area (Å²) in [7, 11) is 0. The number of nitrogens with one attached hydrogen (secondary N) is 1. The van der Waals surface area contributed by atoms with Crippen molar-refractivity contribution in [2.75, 3.05) is 25.1 Å². The molecule has 3 rings (SSSR count). The second-order valence-electron chi connectivity index (χ2n) is 5.60. The minimum Gasteiger partial charge on any atom is -0.381 e. The molecule has 1 aromatic rings. The average Bonchev–Trinajstić information content (AvgIpc) is 2.44. The van der Waals surface area contributed by atoms with E-state index in [1.54, 1.807) is 0 Å².